The third-order valence-corrected chi connectivity index (χ3v) is 2.78. The number of carbonyl (C=O) groups is 1. The second kappa shape index (κ2) is 5.53. The summed E-state index contributed by atoms with van der Waals surface area (Å²) in [5.74, 6) is -0.768. The molecule has 0 fully saturated rings. The zero-order valence-corrected chi connectivity index (χ0v) is 9.44. The molecule has 0 aliphatic rings. The Morgan fingerprint density at radius 2 is 2.06 bits per heavy atom. The van der Waals surface area contributed by atoms with E-state index in [2.05, 4.69) is 0 Å². The van der Waals surface area contributed by atoms with Gasteiger partial charge in [0.05, 0.1) is 6.07 Å². The highest BCUT2D eigenvalue weighted by Gasteiger charge is 2.40. The monoisotopic (exact) mass is 237 g/mol. The minimum absolute atomic E-state index is 0.229. The van der Waals surface area contributed by atoms with Crippen LogP contribution in [0.1, 0.15) is 18.4 Å². The highest BCUT2D eigenvalue weighted by Crippen LogP contribution is 2.29. The molecule has 84 valence electrons. The molecule has 0 saturated carbocycles. The molecule has 0 radical (unpaired) electrons. The zero-order valence-electron chi connectivity index (χ0n) is 8.69. The molecule has 16 heavy (non-hydrogen) atoms. The number of rotatable bonds is 5. The minimum Gasteiger partial charge on any atom is -0.480 e. The molecule has 4 heteroatoms. The van der Waals surface area contributed by atoms with Gasteiger partial charge in [0.2, 0.25) is 0 Å². The van der Waals surface area contributed by atoms with Crippen molar-refractivity contribution in [3.8, 4) is 6.07 Å². The summed E-state index contributed by atoms with van der Waals surface area (Å²) in [6.45, 7) is 0. The van der Waals surface area contributed by atoms with Crippen LogP contribution in [0.2, 0.25) is 0 Å². The van der Waals surface area contributed by atoms with E-state index in [-0.39, 0.29) is 6.42 Å². The predicted molar refractivity (Wildman–Crippen MR) is 61.3 cm³/mol. The lowest BCUT2D eigenvalue weighted by atomic mass is 9.78. The van der Waals surface area contributed by atoms with Gasteiger partial charge < -0.3 is 5.11 Å². The summed E-state index contributed by atoms with van der Waals surface area (Å²) in [6, 6.07) is 10.5. The van der Waals surface area contributed by atoms with E-state index in [0.29, 0.717) is 17.9 Å². The number of carboxylic acid groups (broad SMARTS) is 1. The summed E-state index contributed by atoms with van der Waals surface area (Å²) >= 11 is 5.55. The second-order valence-corrected chi connectivity index (χ2v) is 3.86. The van der Waals surface area contributed by atoms with Crippen LogP contribution >= 0.6 is 11.6 Å². The Balaban J connectivity index is 3.14. The molecule has 3 nitrogen and oxygen atoms in total. The van der Waals surface area contributed by atoms with Crippen molar-refractivity contribution in [1.82, 2.24) is 0 Å². The van der Waals surface area contributed by atoms with Crippen LogP contribution < -0.4 is 0 Å². The first kappa shape index (κ1) is 12.5. The van der Waals surface area contributed by atoms with Crippen molar-refractivity contribution in [1.29, 1.82) is 5.26 Å². The fraction of sp³-hybridized carbons (Fsp3) is 0.333. The number of nitriles is 1. The van der Waals surface area contributed by atoms with Gasteiger partial charge in [-0.15, -0.1) is 11.6 Å². The highest BCUT2D eigenvalue weighted by atomic mass is 35.5. The number of carboxylic acids is 1. The lowest BCUT2D eigenvalue weighted by molar-refractivity contribution is -0.141. The molecule has 1 rings (SSSR count). The maximum atomic E-state index is 11.3. The number of aliphatic carboxylic acids is 1. The number of halogens is 1. The van der Waals surface area contributed by atoms with Gasteiger partial charge in [-0.3, -0.25) is 4.79 Å². The van der Waals surface area contributed by atoms with Crippen LogP contribution in [-0.2, 0) is 10.2 Å². The third-order valence-electron chi connectivity index (χ3n) is 2.51. The SMILES string of the molecule is N#CC(CCCCl)(C(=O)O)c1ccccc1. The normalized spacial score (nSPS) is 13.8. The van der Waals surface area contributed by atoms with Crippen LogP contribution in [-0.4, -0.2) is 17.0 Å². The molecular formula is C12H12ClNO2. The lowest BCUT2D eigenvalue weighted by Crippen LogP contribution is -2.34. The van der Waals surface area contributed by atoms with Gasteiger partial charge in [-0.25, -0.2) is 0 Å². The maximum Gasteiger partial charge on any atom is 0.328 e. The molecule has 0 aliphatic carbocycles. The van der Waals surface area contributed by atoms with Gasteiger partial charge in [0.25, 0.3) is 0 Å². The molecule has 0 heterocycles. The molecule has 0 aliphatic heterocycles. The van der Waals surface area contributed by atoms with Crippen molar-refractivity contribution in [3.05, 3.63) is 35.9 Å². The summed E-state index contributed by atoms with van der Waals surface area (Å²) in [5, 5.41) is 18.4. The molecule has 0 saturated heterocycles. The zero-order chi connectivity index (χ0) is 12.0. The van der Waals surface area contributed by atoms with E-state index >= 15 is 0 Å². The Bertz CT molecular complexity index is 399. The first-order valence-electron chi connectivity index (χ1n) is 4.93. The van der Waals surface area contributed by atoms with Crippen molar-refractivity contribution < 1.29 is 9.90 Å². The van der Waals surface area contributed by atoms with Crippen LogP contribution in [0, 0.1) is 11.3 Å². The number of hydrogen-bond acceptors (Lipinski definition) is 2. The summed E-state index contributed by atoms with van der Waals surface area (Å²) in [6.07, 6.45) is 0.725. The van der Waals surface area contributed by atoms with Crippen molar-refractivity contribution in [3.63, 3.8) is 0 Å². The summed E-state index contributed by atoms with van der Waals surface area (Å²) in [4.78, 5) is 11.3. The Kier molecular flexibility index (Phi) is 4.33. The molecule has 1 aromatic rings. The minimum atomic E-state index is -1.48. The topological polar surface area (TPSA) is 61.1 Å². The van der Waals surface area contributed by atoms with E-state index in [0.717, 1.165) is 0 Å². The third kappa shape index (κ3) is 2.34. The van der Waals surface area contributed by atoms with Gasteiger partial charge in [0.1, 0.15) is 0 Å². The first-order chi connectivity index (χ1) is 7.67. The van der Waals surface area contributed by atoms with Gasteiger partial charge in [0, 0.05) is 5.88 Å². The smallest absolute Gasteiger partial charge is 0.328 e. The maximum absolute atomic E-state index is 11.3. The largest absolute Gasteiger partial charge is 0.480 e. The van der Waals surface area contributed by atoms with Crippen LogP contribution in [0.5, 0.6) is 0 Å². The van der Waals surface area contributed by atoms with E-state index < -0.39 is 11.4 Å². The number of alkyl halides is 1. The Hall–Kier alpha value is -1.53. The van der Waals surface area contributed by atoms with Crippen LogP contribution in [0.4, 0.5) is 0 Å². The van der Waals surface area contributed by atoms with Crippen molar-refractivity contribution >= 4 is 17.6 Å². The molecule has 0 aromatic heterocycles. The van der Waals surface area contributed by atoms with Gasteiger partial charge in [0.15, 0.2) is 5.41 Å². The molecule has 1 atom stereocenters. The quantitative estimate of drug-likeness (QED) is 0.801. The average Bonchev–Trinajstić information content (AvgIpc) is 2.31. The van der Waals surface area contributed by atoms with Gasteiger partial charge in [-0.05, 0) is 18.4 Å². The Morgan fingerprint density at radius 3 is 2.50 bits per heavy atom. The molecule has 0 bridgehead atoms. The van der Waals surface area contributed by atoms with Crippen molar-refractivity contribution in [2.75, 3.05) is 5.88 Å². The molecule has 0 spiro atoms. The van der Waals surface area contributed by atoms with Crippen molar-refractivity contribution in [2.24, 2.45) is 0 Å². The summed E-state index contributed by atoms with van der Waals surface area (Å²) < 4.78 is 0. The van der Waals surface area contributed by atoms with Crippen LogP contribution in [0.15, 0.2) is 30.3 Å². The Labute approximate surface area is 99.3 Å². The first-order valence-corrected chi connectivity index (χ1v) is 5.47. The molecular weight excluding hydrogens is 226 g/mol. The average molecular weight is 238 g/mol. The van der Waals surface area contributed by atoms with Crippen molar-refractivity contribution in [2.45, 2.75) is 18.3 Å². The van der Waals surface area contributed by atoms with E-state index in [4.69, 9.17) is 16.9 Å². The second-order valence-electron chi connectivity index (χ2n) is 3.48. The Morgan fingerprint density at radius 1 is 1.44 bits per heavy atom. The van der Waals surface area contributed by atoms with E-state index in [1.807, 2.05) is 6.07 Å². The van der Waals surface area contributed by atoms with E-state index in [1.54, 1.807) is 30.3 Å². The van der Waals surface area contributed by atoms with Gasteiger partial charge >= 0.3 is 5.97 Å². The number of hydrogen-bond donors (Lipinski definition) is 1. The lowest BCUT2D eigenvalue weighted by Gasteiger charge is -2.21. The summed E-state index contributed by atoms with van der Waals surface area (Å²) in [7, 11) is 0. The van der Waals surface area contributed by atoms with E-state index in [9.17, 15) is 9.90 Å². The molecule has 1 aromatic carbocycles. The van der Waals surface area contributed by atoms with Gasteiger partial charge in [-0.1, -0.05) is 30.3 Å². The molecule has 1 N–H and O–H groups in total. The van der Waals surface area contributed by atoms with Crippen LogP contribution in [0.25, 0.3) is 0 Å². The predicted octanol–water partition coefficient (Wildman–Crippen LogP) is 2.55. The fourth-order valence-corrected chi connectivity index (χ4v) is 1.73. The van der Waals surface area contributed by atoms with Crippen LogP contribution in [0.3, 0.4) is 0 Å². The van der Waals surface area contributed by atoms with E-state index in [1.165, 1.54) is 0 Å². The number of nitrogens with zero attached hydrogens (tertiary/aromatic N) is 1. The number of benzene rings is 1. The molecule has 1 unspecified atom stereocenters. The van der Waals surface area contributed by atoms with Gasteiger partial charge in [-0.2, -0.15) is 5.26 Å². The fourth-order valence-electron chi connectivity index (χ4n) is 1.60. The standard InChI is InChI=1S/C12H12ClNO2/c13-8-4-7-12(9-14,11(15)16)10-5-2-1-3-6-10/h1-3,5-6H,4,7-8H2,(H,15,16). The highest BCUT2D eigenvalue weighted by molar-refractivity contribution is 6.17. The molecule has 0 amide bonds. The summed E-state index contributed by atoms with van der Waals surface area (Å²) in [5.41, 5.74) is -0.967.